The summed E-state index contributed by atoms with van der Waals surface area (Å²) in [6.45, 7) is 6.54. The zero-order valence-corrected chi connectivity index (χ0v) is 28.2. The highest BCUT2D eigenvalue weighted by molar-refractivity contribution is 5.85. The fourth-order valence-corrected chi connectivity index (χ4v) is 4.84. The van der Waals surface area contributed by atoms with E-state index < -0.39 is 48.4 Å². The maximum Gasteiger partial charge on any atom is 0.306 e. The van der Waals surface area contributed by atoms with E-state index >= 15 is 0 Å². The average molecular weight is 674 g/mol. The predicted molar refractivity (Wildman–Crippen MR) is 181 cm³/mol. The van der Waals surface area contributed by atoms with Crippen LogP contribution in [-0.4, -0.2) is 80.1 Å². The van der Waals surface area contributed by atoms with Crippen LogP contribution in [0.2, 0.25) is 0 Å². The molecule has 0 N–H and O–H groups in total. The van der Waals surface area contributed by atoms with Gasteiger partial charge in [0.15, 0.2) is 0 Å². The summed E-state index contributed by atoms with van der Waals surface area (Å²) in [6, 6.07) is 17.3. The number of hydrogen-bond acceptors (Lipinski definition) is 11. The topological polar surface area (TPSA) is 128 Å². The second-order valence-corrected chi connectivity index (χ2v) is 11.6. The first-order valence-electron chi connectivity index (χ1n) is 16.2. The minimum atomic E-state index is -0.656. The van der Waals surface area contributed by atoms with Crippen molar-refractivity contribution in [2.75, 3.05) is 19.8 Å². The van der Waals surface area contributed by atoms with Gasteiger partial charge in [-0.15, -0.1) is 0 Å². The molecule has 2 aliphatic heterocycles. The molecule has 0 spiro atoms. The Balaban J connectivity index is 1.23. The monoisotopic (exact) mass is 673 g/mol. The first-order valence-corrected chi connectivity index (χ1v) is 16.2. The van der Waals surface area contributed by atoms with E-state index in [1.165, 1.54) is 13.8 Å². The standard InChI is InChI=1S/C38H43NO10/c1-26-10-14-31(15-11-26)47-35-20-17-32(16-13-30-8-6-5-7-9-30)48-37(35)25-44-38(42)21-12-27(2)39-45-23-22-33-18-19-34(46-29(4)41)36(49-33)24-43-28(3)40/h5-11,14-15,17-20,32-37H,12,21-25H2,1-4H3/b39-27+/t32-,33+,34+,35+,36-,37-/m1/s1. The zero-order valence-electron chi connectivity index (χ0n) is 28.2. The lowest BCUT2D eigenvalue weighted by molar-refractivity contribution is -0.164. The van der Waals surface area contributed by atoms with E-state index in [-0.39, 0.29) is 32.3 Å². The van der Waals surface area contributed by atoms with Crippen molar-refractivity contribution in [2.24, 2.45) is 5.16 Å². The molecule has 0 saturated heterocycles. The van der Waals surface area contributed by atoms with Crippen molar-refractivity contribution in [3.63, 3.8) is 0 Å². The Hall–Kier alpha value is -4.92. The minimum absolute atomic E-state index is 0.0123. The first kappa shape index (κ1) is 36.9. The summed E-state index contributed by atoms with van der Waals surface area (Å²) in [6.07, 6.45) is 4.96. The molecule has 0 amide bonds. The number of aryl methyl sites for hydroxylation is 1. The van der Waals surface area contributed by atoms with Crippen LogP contribution in [0.1, 0.15) is 51.2 Å². The summed E-state index contributed by atoms with van der Waals surface area (Å²) < 4.78 is 34.2. The minimum Gasteiger partial charge on any atom is -0.483 e. The SMILES string of the molecule is CC(=O)OC[C@H]1O[C@H](CCO/N=C(\C)CCC(=O)OC[C@H]2O[C@H](C#Cc3ccccc3)C=C[C@@H]2Oc2ccc(C)cc2)C=C[C@@H]1OC(C)=O. The van der Waals surface area contributed by atoms with Crippen LogP contribution in [0.5, 0.6) is 5.75 Å². The molecule has 2 aromatic carbocycles. The van der Waals surface area contributed by atoms with Crippen LogP contribution in [0.25, 0.3) is 0 Å². The number of nitrogens with zero attached hydrogens (tertiary/aromatic N) is 1. The molecule has 0 aromatic heterocycles. The molecule has 2 heterocycles. The zero-order chi connectivity index (χ0) is 35.0. The smallest absolute Gasteiger partial charge is 0.306 e. The number of carbonyl (C=O) groups excluding carboxylic acids is 3. The van der Waals surface area contributed by atoms with Crippen molar-refractivity contribution in [2.45, 2.75) is 83.6 Å². The molecule has 0 unspecified atom stereocenters. The highest BCUT2D eigenvalue weighted by Crippen LogP contribution is 2.22. The molecule has 0 saturated carbocycles. The van der Waals surface area contributed by atoms with Crippen LogP contribution in [0, 0.1) is 18.8 Å². The molecular formula is C38H43NO10. The van der Waals surface area contributed by atoms with Crippen LogP contribution in [0.4, 0.5) is 0 Å². The van der Waals surface area contributed by atoms with Gasteiger partial charge in [0, 0.05) is 25.8 Å². The number of esters is 3. The third-order valence-electron chi connectivity index (χ3n) is 7.39. The Morgan fingerprint density at radius 3 is 2.24 bits per heavy atom. The summed E-state index contributed by atoms with van der Waals surface area (Å²) in [7, 11) is 0. The summed E-state index contributed by atoms with van der Waals surface area (Å²) in [5, 5.41) is 4.11. The van der Waals surface area contributed by atoms with Gasteiger partial charge < -0.3 is 33.3 Å². The molecule has 11 heteroatoms. The number of ether oxygens (including phenoxy) is 6. The second-order valence-electron chi connectivity index (χ2n) is 11.6. The van der Waals surface area contributed by atoms with E-state index in [1.54, 1.807) is 19.1 Å². The van der Waals surface area contributed by atoms with Crippen molar-refractivity contribution < 1.29 is 47.6 Å². The van der Waals surface area contributed by atoms with E-state index in [2.05, 4.69) is 17.0 Å². The van der Waals surface area contributed by atoms with Crippen molar-refractivity contribution in [1.82, 2.24) is 0 Å². The lowest BCUT2D eigenvalue weighted by Crippen LogP contribution is -2.42. The Bertz CT molecular complexity index is 1540. The number of rotatable bonds is 14. The van der Waals surface area contributed by atoms with Gasteiger partial charge in [-0.3, -0.25) is 14.4 Å². The largest absolute Gasteiger partial charge is 0.483 e. The third kappa shape index (κ3) is 13.2. The molecule has 11 nitrogen and oxygen atoms in total. The lowest BCUT2D eigenvalue weighted by atomic mass is 10.1. The summed E-state index contributed by atoms with van der Waals surface area (Å²) in [5.74, 6) is 5.59. The van der Waals surface area contributed by atoms with Gasteiger partial charge in [-0.1, -0.05) is 59.0 Å². The number of benzene rings is 2. The number of carbonyl (C=O) groups is 3. The van der Waals surface area contributed by atoms with Crippen LogP contribution < -0.4 is 4.74 Å². The van der Waals surface area contributed by atoms with Crippen LogP contribution in [0.15, 0.2) is 84.1 Å². The molecule has 0 radical (unpaired) electrons. The van der Waals surface area contributed by atoms with Crippen molar-refractivity contribution in [3.05, 3.63) is 90.0 Å². The summed E-state index contributed by atoms with van der Waals surface area (Å²) >= 11 is 0. The van der Waals surface area contributed by atoms with E-state index in [9.17, 15) is 14.4 Å². The van der Waals surface area contributed by atoms with Gasteiger partial charge in [0.05, 0.1) is 18.2 Å². The van der Waals surface area contributed by atoms with Gasteiger partial charge in [-0.05, 0) is 62.8 Å². The van der Waals surface area contributed by atoms with E-state index in [0.29, 0.717) is 24.3 Å². The summed E-state index contributed by atoms with van der Waals surface area (Å²) in [5.41, 5.74) is 2.61. The van der Waals surface area contributed by atoms with Gasteiger partial charge in [0.1, 0.15) is 56.1 Å². The van der Waals surface area contributed by atoms with Gasteiger partial charge in [0.2, 0.25) is 0 Å². The maximum absolute atomic E-state index is 12.7. The molecule has 2 aliphatic rings. The van der Waals surface area contributed by atoms with Crippen LogP contribution in [0.3, 0.4) is 0 Å². The molecule has 49 heavy (non-hydrogen) atoms. The number of hydrogen-bond donors (Lipinski definition) is 0. The van der Waals surface area contributed by atoms with Crippen molar-refractivity contribution >= 4 is 23.6 Å². The van der Waals surface area contributed by atoms with Crippen molar-refractivity contribution in [3.8, 4) is 17.6 Å². The first-order chi connectivity index (χ1) is 23.6. The van der Waals surface area contributed by atoms with Gasteiger partial charge in [-0.2, -0.15) is 0 Å². The van der Waals surface area contributed by atoms with E-state index in [0.717, 1.165) is 11.1 Å². The molecule has 260 valence electrons. The molecule has 0 aliphatic carbocycles. The quantitative estimate of drug-likeness (QED) is 0.0512. The summed E-state index contributed by atoms with van der Waals surface area (Å²) in [4.78, 5) is 40.8. The van der Waals surface area contributed by atoms with Gasteiger partial charge in [-0.25, -0.2) is 0 Å². The van der Waals surface area contributed by atoms with E-state index in [4.69, 9.17) is 33.3 Å². The van der Waals surface area contributed by atoms with Crippen LogP contribution >= 0.6 is 0 Å². The lowest BCUT2D eigenvalue weighted by Gasteiger charge is -2.31. The predicted octanol–water partition coefficient (Wildman–Crippen LogP) is 5.04. The highest BCUT2D eigenvalue weighted by atomic mass is 16.6. The fraction of sp³-hybridized carbons (Fsp3) is 0.421. The van der Waals surface area contributed by atoms with Gasteiger partial charge >= 0.3 is 17.9 Å². The second kappa shape index (κ2) is 19.2. The number of oxime groups is 1. The Kier molecular flexibility index (Phi) is 14.4. The molecular weight excluding hydrogens is 630 g/mol. The van der Waals surface area contributed by atoms with E-state index in [1.807, 2.05) is 73.7 Å². The maximum atomic E-state index is 12.7. The molecule has 0 fully saturated rings. The molecule has 6 atom stereocenters. The molecule has 4 rings (SSSR count). The highest BCUT2D eigenvalue weighted by Gasteiger charge is 2.31. The van der Waals surface area contributed by atoms with Gasteiger partial charge in [0.25, 0.3) is 0 Å². The Labute approximate surface area is 287 Å². The Morgan fingerprint density at radius 1 is 0.796 bits per heavy atom. The normalized spacial score (nSPS) is 23.1. The molecule has 2 aromatic rings. The van der Waals surface area contributed by atoms with Crippen LogP contribution in [-0.2, 0) is 42.9 Å². The third-order valence-corrected chi connectivity index (χ3v) is 7.39. The van der Waals surface area contributed by atoms with Crippen molar-refractivity contribution in [1.29, 1.82) is 0 Å². The fourth-order valence-electron chi connectivity index (χ4n) is 4.84. The Morgan fingerprint density at radius 2 is 1.51 bits per heavy atom. The average Bonchev–Trinajstić information content (AvgIpc) is 3.09. The molecule has 0 bridgehead atoms.